The molecule has 0 radical (unpaired) electrons. The van der Waals surface area contributed by atoms with E-state index in [9.17, 15) is 4.79 Å². The predicted molar refractivity (Wildman–Crippen MR) is 56.5 cm³/mol. The van der Waals surface area contributed by atoms with Crippen LogP contribution < -0.4 is 5.32 Å². The number of anilines is 1. The maximum Gasteiger partial charge on any atom is 0.221 e. The lowest BCUT2D eigenvalue weighted by atomic mass is 10.6. The summed E-state index contributed by atoms with van der Waals surface area (Å²) in [4.78, 5) is 11.4. The highest BCUT2D eigenvalue weighted by molar-refractivity contribution is 7.97. The summed E-state index contributed by atoms with van der Waals surface area (Å²) in [5.74, 6) is -0.157. The van der Waals surface area contributed by atoms with E-state index in [-0.39, 0.29) is 5.91 Å². The first kappa shape index (κ1) is 11.8. The second-order valence-corrected chi connectivity index (χ2v) is 4.69. The summed E-state index contributed by atoms with van der Waals surface area (Å²) in [6.07, 6.45) is 0. The standard InChI is InChI=1S/C6H7NO4S3/c1-3(8)7-5-2-4(12)6(13-5)14-11-10-9/h2,9,12H,1H3,(H,7,8). The Balaban J connectivity index is 2.66. The molecule has 78 valence electrons. The van der Waals surface area contributed by atoms with Crippen LogP contribution in [0.4, 0.5) is 5.00 Å². The van der Waals surface area contributed by atoms with Crippen molar-refractivity contribution in [3.8, 4) is 0 Å². The number of thiophene rings is 1. The Morgan fingerprint density at radius 1 is 1.79 bits per heavy atom. The quantitative estimate of drug-likeness (QED) is 0.333. The van der Waals surface area contributed by atoms with Gasteiger partial charge in [-0.25, -0.2) is 5.26 Å². The van der Waals surface area contributed by atoms with Crippen molar-refractivity contribution in [3.05, 3.63) is 6.07 Å². The highest BCUT2D eigenvalue weighted by Crippen LogP contribution is 2.37. The molecule has 0 spiro atoms. The molecule has 0 bridgehead atoms. The molecule has 0 fully saturated rings. The molecule has 0 saturated heterocycles. The van der Waals surface area contributed by atoms with E-state index < -0.39 is 0 Å². The van der Waals surface area contributed by atoms with Crippen molar-refractivity contribution < 1.29 is 19.4 Å². The van der Waals surface area contributed by atoms with Crippen LogP contribution in [0.2, 0.25) is 0 Å². The van der Waals surface area contributed by atoms with Crippen LogP contribution in [0.25, 0.3) is 0 Å². The Bertz CT molecular complexity index is 327. The number of rotatable bonds is 4. The van der Waals surface area contributed by atoms with E-state index in [0.717, 1.165) is 12.0 Å². The summed E-state index contributed by atoms with van der Waals surface area (Å²) in [5, 5.41) is 14.6. The smallest absolute Gasteiger partial charge is 0.221 e. The molecule has 14 heavy (non-hydrogen) atoms. The summed E-state index contributed by atoms with van der Waals surface area (Å²) >= 11 is 6.21. The van der Waals surface area contributed by atoms with Crippen molar-refractivity contribution >= 4 is 46.9 Å². The Labute approximate surface area is 93.9 Å². The molecule has 1 rings (SSSR count). The van der Waals surface area contributed by atoms with Crippen LogP contribution in [0, 0.1) is 0 Å². The van der Waals surface area contributed by atoms with E-state index in [4.69, 9.17) is 5.26 Å². The molecule has 0 unspecified atom stereocenters. The monoisotopic (exact) mass is 253 g/mol. The van der Waals surface area contributed by atoms with Crippen molar-refractivity contribution in [3.63, 3.8) is 0 Å². The van der Waals surface area contributed by atoms with Crippen LogP contribution in [-0.4, -0.2) is 11.2 Å². The first-order valence-corrected chi connectivity index (χ1v) is 5.39. The van der Waals surface area contributed by atoms with Gasteiger partial charge in [-0.15, -0.1) is 28.3 Å². The molecule has 1 heterocycles. The minimum absolute atomic E-state index is 0.157. The van der Waals surface area contributed by atoms with Gasteiger partial charge in [-0.05, 0) is 6.07 Å². The summed E-state index contributed by atoms with van der Waals surface area (Å²) in [5.41, 5.74) is 0. The van der Waals surface area contributed by atoms with Crippen LogP contribution in [-0.2, 0) is 14.2 Å². The van der Waals surface area contributed by atoms with Gasteiger partial charge in [0.2, 0.25) is 5.91 Å². The second-order valence-electron chi connectivity index (χ2n) is 2.19. The highest BCUT2D eigenvalue weighted by atomic mass is 32.2. The van der Waals surface area contributed by atoms with Crippen LogP contribution in [0.15, 0.2) is 15.2 Å². The molecule has 1 amide bonds. The largest absolute Gasteiger partial charge is 0.318 e. The van der Waals surface area contributed by atoms with Gasteiger partial charge in [-0.1, -0.05) is 5.04 Å². The molecule has 0 aliphatic carbocycles. The van der Waals surface area contributed by atoms with E-state index in [2.05, 4.69) is 27.3 Å². The van der Waals surface area contributed by atoms with E-state index in [1.165, 1.54) is 18.3 Å². The third kappa shape index (κ3) is 3.48. The van der Waals surface area contributed by atoms with Crippen LogP contribution in [0.3, 0.4) is 0 Å². The van der Waals surface area contributed by atoms with Crippen LogP contribution in [0.1, 0.15) is 6.92 Å². The lowest BCUT2D eigenvalue weighted by Gasteiger charge is -1.94. The van der Waals surface area contributed by atoms with Gasteiger partial charge in [-0.3, -0.25) is 4.79 Å². The Hall–Kier alpha value is -0.250. The van der Waals surface area contributed by atoms with Gasteiger partial charge < -0.3 is 5.32 Å². The molecule has 0 aliphatic heterocycles. The van der Waals surface area contributed by atoms with E-state index in [1.807, 2.05) is 0 Å². The maximum absolute atomic E-state index is 10.7. The molecule has 0 aromatic carbocycles. The van der Waals surface area contributed by atoms with E-state index in [0.29, 0.717) is 14.1 Å². The molecule has 0 atom stereocenters. The molecule has 1 aromatic rings. The van der Waals surface area contributed by atoms with E-state index in [1.54, 1.807) is 6.07 Å². The number of carbonyl (C=O) groups is 1. The van der Waals surface area contributed by atoms with Gasteiger partial charge >= 0.3 is 0 Å². The topological polar surface area (TPSA) is 67.8 Å². The van der Waals surface area contributed by atoms with Gasteiger partial charge in [0, 0.05) is 11.8 Å². The van der Waals surface area contributed by atoms with Crippen LogP contribution in [0.5, 0.6) is 0 Å². The average Bonchev–Trinajstić information content (AvgIpc) is 2.41. The molecular weight excluding hydrogens is 246 g/mol. The average molecular weight is 253 g/mol. The third-order valence-electron chi connectivity index (χ3n) is 1.12. The van der Waals surface area contributed by atoms with Crippen molar-refractivity contribution in [2.45, 2.75) is 16.0 Å². The summed E-state index contributed by atoms with van der Waals surface area (Å²) in [7, 11) is 0. The number of hydrogen-bond donors (Lipinski definition) is 3. The maximum atomic E-state index is 10.7. The highest BCUT2D eigenvalue weighted by Gasteiger charge is 2.09. The lowest BCUT2D eigenvalue weighted by Crippen LogP contribution is -2.03. The van der Waals surface area contributed by atoms with Gasteiger partial charge in [0.1, 0.15) is 4.21 Å². The van der Waals surface area contributed by atoms with Crippen LogP contribution >= 0.6 is 36.0 Å². The zero-order chi connectivity index (χ0) is 10.6. The van der Waals surface area contributed by atoms with Crippen molar-refractivity contribution in [1.82, 2.24) is 0 Å². The van der Waals surface area contributed by atoms with Crippen molar-refractivity contribution in [1.29, 1.82) is 0 Å². The number of thiol groups is 1. The van der Waals surface area contributed by atoms with Gasteiger partial charge in [-0.2, -0.15) is 0 Å². The van der Waals surface area contributed by atoms with Crippen molar-refractivity contribution in [2.24, 2.45) is 0 Å². The molecular formula is C6H7NO4S3. The minimum Gasteiger partial charge on any atom is -0.318 e. The Morgan fingerprint density at radius 3 is 3.07 bits per heavy atom. The number of amides is 1. The number of nitrogens with one attached hydrogen (secondary N) is 1. The second kappa shape index (κ2) is 5.59. The Morgan fingerprint density at radius 2 is 2.50 bits per heavy atom. The summed E-state index contributed by atoms with van der Waals surface area (Å²) < 4.78 is 4.91. The zero-order valence-corrected chi connectivity index (χ0v) is 9.54. The SMILES string of the molecule is CC(=O)Nc1cc(S)c(SOOO)s1. The third-order valence-corrected chi connectivity index (χ3v) is 3.57. The van der Waals surface area contributed by atoms with Gasteiger partial charge in [0.05, 0.1) is 17.0 Å². The molecule has 2 N–H and O–H groups in total. The summed E-state index contributed by atoms with van der Waals surface area (Å²) in [6, 6.07) is 1.68. The van der Waals surface area contributed by atoms with E-state index >= 15 is 0 Å². The molecule has 0 saturated carbocycles. The van der Waals surface area contributed by atoms with Gasteiger partial charge in [0.15, 0.2) is 0 Å². The Kier molecular flexibility index (Phi) is 4.72. The molecule has 0 aliphatic rings. The lowest BCUT2D eigenvalue weighted by molar-refractivity contribution is -0.432. The minimum atomic E-state index is -0.157. The molecule has 8 heteroatoms. The number of hydrogen-bond acceptors (Lipinski definition) is 7. The molecule has 1 aromatic heterocycles. The fourth-order valence-electron chi connectivity index (χ4n) is 0.706. The predicted octanol–water partition coefficient (Wildman–Crippen LogP) is 2.42. The van der Waals surface area contributed by atoms with Crippen molar-refractivity contribution in [2.75, 3.05) is 5.32 Å². The molecule has 5 nitrogen and oxygen atoms in total. The fourth-order valence-corrected chi connectivity index (χ4v) is 2.63. The number of carbonyl (C=O) groups excluding carboxylic acids is 1. The summed E-state index contributed by atoms with van der Waals surface area (Å²) in [6.45, 7) is 1.41. The first-order chi connectivity index (χ1) is 6.63. The zero-order valence-electron chi connectivity index (χ0n) is 7.01. The van der Waals surface area contributed by atoms with Gasteiger partial charge in [0.25, 0.3) is 0 Å². The first-order valence-electron chi connectivity index (χ1n) is 3.38. The fraction of sp³-hybridized carbons (Fsp3) is 0.167. The normalized spacial score (nSPS) is 10.2.